The lowest BCUT2D eigenvalue weighted by molar-refractivity contribution is -0.105. The van der Waals surface area contributed by atoms with Crippen molar-refractivity contribution in [3.63, 3.8) is 0 Å². The highest BCUT2D eigenvalue weighted by Crippen LogP contribution is 2.22. The van der Waals surface area contributed by atoms with Gasteiger partial charge in [-0.3, -0.25) is 4.79 Å². The van der Waals surface area contributed by atoms with Crippen LogP contribution in [0.2, 0.25) is 10.0 Å². The van der Waals surface area contributed by atoms with Crippen LogP contribution < -0.4 is 10.6 Å². The maximum Gasteiger partial charge on any atom is 0.211 e. The molecular formula is C17H18Cl2N2O. The van der Waals surface area contributed by atoms with Gasteiger partial charge in [-0.2, -0.15) is 0 Å². The third kappa shape index (κ3) is 4.73. The van der Waals surface area contributed by atoms with E-state index in [2.05, 4.69) is 23.6 Å². The van der Waals surface area contributed by atoms with Gasteiger partial charge in [-0.25, -0.2) is 0 Å². The molecule has 0 spiro atoms. The van der Waals surface area contributed by atoms with E-state index < -0.39 is 0 Å². The predicted octanol–water partition coefficient (Wildman–Crippen LogP) is 4.46. The molecule has 0 bridgehead atoms. The number of hydrogen-bond donors (Lipinski definition) is 2. The molecule has 116 valence electrons. The van der Waals surface area contributed by atoms with E-state index in [0.29, 0.717) is 23.9 Å². The van der Waals surface area contributed by atoms with Crippen LogP contribution in [0, 0.1) is 0 Å². The molecule has 5 heteroatoms. The monoisotopic (exact) mass is 336 g/mol. The molecule has 0 radical (unpaired) electrons. The first-order valence-corrected chi connectivity index (χ1v) is 7.80. The van der Waals surface area contributed by atoms with Gasteiger partial charge < -0.3 is 10.6 Å². The normalized spacial score (nSPS) is 12.0. The predicted molar refractivity (Wildman–Crippen MR) is 92.7 cm³/mol. The van der Waals surface area contributed by atoms with Crippen LogP contribution >= 0.6 is 23.2 Å². The molecule has 0 unspecified atom stereocenters. The van der Waals surface area contributed by atoms with Gasteiger partial charge in [-0.1, -0.05) is 48.3 Å². The molecule has 0 saturated heterocycles. The van der Waals surface area contributed by atoms with Crippen molar-refractivity contribution < 1.29 is 4.79 Å². The van der Waals surface area contributed by atoms with E-state index in [1.807, 2.05) is 30.3 Å². The fraction of sp³-hybridized carbons (Fsp3) is 0.235. The first kappa shape index (κ1) is 16.8. The Labute approximate surface area is 140 Å². The fourth-order valence-electron chi connectivity index (χ4n) is 2.25. The summed E-state index contributed by atoms with van der Waals surface area (Å²) in [5.41, 5.74) is 2.92. The van der Waals surface area contributed by atoms with Crippen molar-refractivity contribution in [1.29, 1.82) is 0 Å². The first-order valence-electron chi connectivity index (χ1n) is 7.05. The Kier molecular flexibility index (Phi) is 6.25. The van der Waals surface area contributed by atoms with Crippen molar-refractivity contribution in [2.45, 2.75) is 19.4 Å². The van der Waals surface area contributed by atoms with Gasteiger partial charge in [0, 0.05) is 28.8 Å². The highest BCUT2D eigenvalue weighted by atomic mass is 35.5. The summed E-state index contributed by atoms with van der Waals surface area (Å²) in [7, 11) is 0. The topological polar surface area (TPSA) is 41.1 Å². The molecule has 22 heavy (non-hydrogen) atoms. The van der Waals surface area contributed by atoms with E-state index >= 15 is 0 Å². The van der Waals surface area contributed by atoms with Crippen LogP contribution in [0.5, 0.6) is 0 Å². The van der Waals surface area contributed by atoms with E-state index in [1.165, 1.54) is 5.56 Å². The van der Waals surface area contributed by atoms with Gasteiger partial charge in [-0.05, 0) is 41.3 Å². The lowest BCUT2D eigenvalue weighted by Crippen LogP contribution is -2.20. The SMILES string of the molecule is C[C@H](CNCc1ccc(Cl)cc1NC=O)c1cccc(Cl)c1. The maximum absolute atomic E-state index is 10.6. The van der Waals surface area contributed by atoms with Crippen molar-refractivity contribution in [3.05, 3.63) is 63.6 Å². The summed E-state index contributed by atoms with van der Waals surface area (Å²) in [4.78, 5) is 10.6. The second kappa shape index (κ2) is 8.18. The molecule has 1 amide bonds. The van der Waals surface area contributed by atoms with Crippen LogP contribution in [-0.4, -0.2) is 13.0 Å². The Morgan fingerprint density at radius 1 is 1.14 bits per heavy atom. The minimum absolute atomic E-state index is 0.341. The molecule has 3 nitrogen and oxygen atoms in total. The zero-order valence-electron chi connectivity index (χ0n) is 12.3. The average molecular weight is 337 g/mol. The summed E-state index contributed by atoms with van der Waals surface area (Å²) in [5, 5.41) is 7.41. The molecule has 2 aromatic rings. The largest absolute Gasteiger partial charge is 0.328 e. The summed E-state index contributed by atoms with van der Waals surface area (Å²) >= 11 is 12.0. The second-order valence-corrected chi connectivity index (χ2v) is 6.02. The van der Waals surface area contributed by atoms with Gasteiger partial charge in [-0.15, -0.1) is 0 Å². The molecule has 0 aliphatic rings. The number of rotatable bonds is 7. The first-order chi connectivity index (χ1) is 10.6. The highest BCUT2D eigenvalue weighted by Gasteiger charge is 2.07. The van der Waals surface area contributed by atoms with Gasteiger partial charge in [0.2, 0.25) is 6.41 Å². The standard InChI is InChI=1S/C17H18Cl2N2O/c1-12(13-3-2-4-15(18)7-13)9-20-10-14-5-6-16(19)8-17(14)21-11-22/h2-8,11-12,20H,9-10H2,1H3,(H,21,22)/t12-/m1/s1. The number of nitrogens with one attached hydrogen (secondary N) is 2. The number of anilines is 1. The lowest BCUT2D eigenvalue weighted by Gasteiger charge is -2.15. The number of benzene rings is 2. The van der Waals surface area contributed by atoms with E-state index in [-0.39, 0.29) is 0 Å². The number of amides is 1. The van der Waals surface area contributed by atoms with Crippen molar-refractivity contribution in [1.82, 2.24) is 5.32 Å². The average Bonchev–Trinajstić information content (AvgIpc) is 2.49. The van der Waals surface area contributed by atoms with Gasteiger partial charge in [0.25, 0.3) is 0 Å². The molecule has 0 aliphatic heterocycles. The van der Waals surface area contributed by atoms with Gasteiger partial charge in [0.1, 0.15) is 0 Å². The quantitative estimate of drug-likeness (QED) is 0.733. The summed E-state index contributed by atoms with van der Waals surface area (Å²) in [6, 6.07) is 13.3. The van der Waals surface area contributed by atoms with Crippen LogP contribution in [0.3, 0.4) is 0 Å². The Balaban J connectivity index is 1.94. The molecule has 2 N–H and O–H groups in total. The van der Waals surface area contributed by atoms with Crippen LogP contribution in [-0.2, 0) is 11.3 Å². The van der Waals surface area contributed by atoms with E-state index in [4.69, 9.17) is 23.2 Å². The molecule has 1 atom stereocenters. The Morgan fingerprint density at radius 3 is 2.64 bits per heavy atom. The number of carbonyl (C=O) groups is 1. The Bertz CT molecular complexity index is 646. The summed E-state index contributed by atoms with van der Waals surface area (Å²) in [6.07, 6.45) is 0.657. The lowest BCUT2D eigenvalue weighted by atomic mass is 10.0. The van der Waals surface area contributed by atoms with Crippen LogP contribution in [0.15, 0.2) is 42.5 Å². The summed E-state index contributed by atoms with van der Waals surface area (Å²) in [6.45, 7) is 3.60. The maximum atomic E-state index is 10.6. The molecule has 2 aromatic carbocycles. The minimum atomic E-state index is 0.341. The number of halogens is 2. The van der Waals surface area contributed by atoms with E-state index in [0.717, 1.165) is 22.8 Å². The van der Waals surface area contributed by atoms with Crippen molar-refractivity contribution in [2.24, 2.45) is 0 Å². The van der Waals surface area contributed by atoms with E-state index in [9.17, 15) is 4.79 Å². The minimum Gasteiger partial charge on any atom is -0.328 e. The van der Waals surface area contributed by atoms with Gasteiger partial charge in [0.05, 0.1) is 0 Å². The molecule has 0 fully saturated rings. The summed E-state index contributed by atoms with van der Waals surface area (Å²) < 4.78 is 0. The van der Waals surface area contributed by atoms with E-state index in [1.54, 1.807) is 6.07 Å². The van der Waals surface area contributed by atoms with Crippen LogP contribution in [0.25, 0.3) is 0 Å². The molecule has 0 heterocycles. The van der Waals surface area contributed by atoms with Gasteiger partial charge >= 0.3 is 0 Å². The molecular weight excluding hydrogens is 319 g/mol. The Hall–Kier alpha value is -1.55. The van der Waals surface area contributed by atoms with Crippen LogP contribution in [0.4, 0.5) is 5.69 Å². The molecule has 2 rings (SSSR count). The third-order valence-corrected chi connectivity index (χ3v) is 3.94. The molecule has 0 aliphatic carbocycles. The van der Waals surface area contributed by atoms with Crippen molar-refractivity contribution >= 4 is 35.3 Å². The van der Waals surface area contributed by atoms with Crippen molar-refractivity contribution in [2.75, 3.05) is 11.9 Å². The number of hydrogen-bond acceptors (Lipinski definition) is 2. The zero-order chi connectivity index (χ0) is 15.9. The van der Waals surface area contributed by atoms with Crippen molar-refractivity contribution in [3.8, 4) is 0 Å². The fourth-order valence-corrected chi connectivity index (χ4v) is 2.63. The molecule has 0 aromatic heterocycles. The Morgan fingerprint density at radius 2 is 1.91 bits per heavy atom. The van der Waals surface area contributed by atoms with Gasteiger partial charge in [0.15, 0.2) is 0 Å². The highest BCUT2D eigenvalue weighted by molar-refractivity contribution is 6.31. The molecule has 0 saturated carbocycles. The number of carbonyl (C=O) groups excluding carboxylic acids is 1. The third-order valence-electron chi connectivity index (χ3n) is 3.47. The van der Waals surface area contributed by atoms with Crippen LogP contribution in [0.1, 0.15) is 24.0 Å². The summed E-state index contributed by atoms with van der Waals surface area (Å²) in [5.74, 6) is 0.341. The smallest absolute Gasteiger partial charge is 0.211 e. The second-order valence-electron chi connectivity index (χ2n) is 5.15. The zero-order valence-corrected chi connectivity index (χ0v) is 13.8.